The van der Waals surface area contributed by atoms with Crippen molar-refractivity contribution >= 4 is 13.8 Å². The molecule has 0 unspecified atom stereocenters. The van der Waals surface area contributed by atoms with Gasteiger partial charge in [0.1, 0.15) is 19.0 Å². The molecule has 0 fully saturated rings. The van der Waals surface area contributed by atoms with Crippen LogP contribution in [0.2, 0.25) is 25.7 Å². The van der Waals surface area contributed by atoms with Crippen LogP contribution in [0.15, 0.2) is 18.5 Å². The number of hydrogen-bond donors (Lipinski definition) is 1. The van der Waals surface area contributed by atoms with E-state index in [1.165, 1.54) is 16.9 Å². The van der Waals surface area contributed by atoms with Gasteiger partial charge in [0, 0.05) is 20.9 Å². The second kappa shape index (κ2) is 7.41. The van der Waals surface area contributed by atoms with E-state index in [0.29, 0.717) is 6.61 Å². The molecular weight excluding hydrogens is 342 g/mol. The maximum absolute atomic E-state index is 11.3. The molecule has 1 N–H and O–H groups in total. The number of ether oxygens (including phenoxy) is 1. The second-order valence-electron chi connectivity index (χ2n) is 6.69. The number of nitro groups is 1. The van der Waals surface area contributed by atoms with Gasteiger partial charge in [0.15, 0.2) is 5.69 Å². The van der Waals surface area contributed by atoms with E-state index in [9.17, 15) is 15.2 Å². The zero-order valence-electron chi connectivity index (χ0n) is 14.3. The minimum Gasteiger partial charge on any atom is -0.493 e. The lowest BCUT2D eigenvalue weighted by atomic mass is 10.1. The van der Waals surface area contributed by atoms with Gasteiger partial charge in [-0.1, -0.05) is 19.6 Å². The lowest BCUT2D eigenvalue weighted by Gasteiger charge is -2.15. The van der Waals surface area contributed by atoms with Crippen molar-refractivity contribution < 1.29 is 14.8 Å². The van der Waals surface area contributed by atoms with Gasteiger partial charge in [-0.3, -0.25) is 10.1 Å². The van der Waals surface area contributed by atoms with Gasteiger partial charge in [-0.05, 0) is 12.1 Å². The number of pyridine rings is 1. The number of aromatic nitrogens is 3. The summed E-state index contributed by atoms with van der Waals surface area (Å²) in [6.45, 7) is 7.18. The summed E-state index contributed by atoms with van der Waals surface area (Å²) in [6, 6.07) is 4.18. The number of nitriles is 1. The molecule has 0 aliphatic carbocycles. The van der Waals surface area contributed by atoms with Gasteiger partial charge in [-0.25, -0.2) is 9.67 Å². The largest absolute Gasteiger partial charge is 0.493 e. The fraction of sp³-hybridized carbons (Fsp3) is 0.400. The van der Waals surface area contributed by atoms with Crippen LogP contribution in [-0.2, 0) is 11.5 Å². The van der Waals surface area contributed by atoms with Gasteiger partial charge < -0.3 is 9.84 Å². The molecule has 0 aliphatic rings. The van der Waals surface area contributed by atoms with Crippen LogP contribution in [0, 0.1) is 21.4 Å². The van der Waals surface area contributed by atoms with Crippen molar-refractivity contribution in [2.45, 2.75) is 32.4 Å². The third-order valence-corrected chi connectivity index (χ3v) is 5.18. The highest BCUT2D eigenvalue weighted by atomic mass is 28.3. The molecule has 2 aromatic heterocycles. The molecular formula is C15H19N5O4Si. The number of hydrogen-bond acceptors (Lipinski definition) is 7. The molecule has 0 bridgehead atoms. The topological polar surface area (TPSA) is 127 Å². The Balaban J connectivity index is 2.35. The zero-order valence-corrected chi connectivity index (χ0v) is 15.3. The Kier molecular flexibility index (Phi) is 5.50. The Bertz CT molecular complexity index is 822. The van der Waals surface area contributed by atoms with Crippen molar-refractivity contribution in [2.24, 2.45) is 0 Å². The van der Waals surface area contributed by atoms with Gasteiger partial charge >= 0.3 is 5.69 Å². The van der Waals surface area contributed by atoms with E-state index in [2.05, 4.69) is 29.7 Å². The van der Waals surface area contributed by atoms with Crippen LogP contribution in [0.25, 0.3) is 11.3 Å². The van der Waals surface area contributed by atoms with Crippen molar-refractivity contribution in [2.75, 3.05) is 6.61 Å². The van der Waals surface area contributed by atoms with Crippen molar-refractivity contribution in [3.63, 3.8) is 0 Å². The van der Waals surface area contributed by atoms with Gasteiger partial charge in [-0.15, -0.1) is 0 Å². The zero-order chi connectivity index (χ0) is 18.6. The lowest BCUT2D eigenvalue weighted by Crippen LogP contribution is -2.22. The molecule has 0 spiro atoms. The molecule has 0 atom stereocenters. The van der Waals surface area contributed by atoms with E-state index < -0.39 is 18.9 Å². The van der Waals surface area contributed by atoms with Gasteiger partial charge in [-0.2, -0.15) is 10.4 Å². The highest BCUT2D eigenvalue weighted by molar-refractivity contribution is 6.76. The smallest absolute Gasteiger partial charge is 0.315 e. The SMILES string of the molecule is C[Si](C)(C)CCOCn1ncc([N+](=O)[O-])c1-c1cc(C#N)cnc1O. The van der Waals surface area contributed by atoms with Crippen LogP contribution < -0.4 is 0 Å². The summed E-state index contributed by atoms with van der Waals surface area (Å²) in [4.78, 5) is 14.4. The average molecular weight is 361 g/mol. The molecule has 0 amide bonds. The predicted octanol–water partition coefficient (Wildman–Crippen LogP) is 2.74. The fourth-order valence-corrected chi connectivity index (χ4v) is 2.86. The molecule has 0 radical (unpaired) electrons. The Morgan fingerprint density at radius 2 is 2.16 bits per heavy atom. The van der Waals surface area contributed by atoms with Crippen molar-refractivity contribution in [3.8, 4) is 23.2 Å². The Labute approximate surface area is 145 Å². The van der Waals surface area contributed by atoms with Crippen LogP contribution in [0.5, 0.6) is 5.88 Å². The highest BCUT2D eigenvalue weighted by Crippen LogP contribution is 2.35. The molecule has 0 saturated carbocycles. The summed E-state index contributed by atoms with van der Waals surface area (Å²) >= 11 is 0. The van der Waals surface area contributed by atoms with Crippen LogP contribution in [-0.4, -0.2) is 39.5 Å². The molecule has 9 nitrogen and oxygen atoms in total. The first-order valence-electron chi connectivity index (χ1n) is 7.60. The van der Waals surface area contributed by atoms with E-state index in [-0.39, 0.29) is 29.2 Å². The van der Waals surface area contributed by atoms with Crippen molar-refractivity contribution in [1.29, 1.82) is 5.26 Å². The van der Waals surface area contributed by atoms with E-state index in [1.54, 1.807) is 0 Å². The first kappa shape index (κ1) is 18.6. The first-order valence-corrected chi connectivity index (χ1v) is 11.3. The molecule has 2 aromatic rings. The molecule has 0 aliphatic heterocycles. The molecule has 132 valence electrons. The quantitative estimate of drug-likeness (QED) is 0.347. The molecule has 25 heavy (non-hydrogen) atoms. The van der Waals surface area contributed by atoms with Crippen molar-refractivity contribution in [1.82, 2.24) is 14.8 Å². The van der Waals surface area contributed by atoms with Crippen molar-refractivity contribution in [3.05, 3.63) is 34.1 Å². The fourth-order valence-electron chi connectivity index (χ4n) is 2.11. The molecule has 2 rings (SSSR count). The predicted molar refractivity (Wildman–Crippen MR) is 92.6 cm³/mol. The van der Waals surface area contributed by atoms with Crippen LogP contribution in [0.4, 0.5) is 5.69 Å². The van der Waals surface area contributed by atoms with Crippen LogP contribution >= 0.6 is 0 Å². The number of rotatable bonds is 7. The third kappa shape index (κ3) is 4.62. The maximum Gasteiger partial charge on any atom is 0.315 e. The molecule has 10 heteroatoms. The van der Waals surface area contributed by atoms with E-state index in [1.807, 2.05) is 6.07 Å². The second-order valence-corrected chi connectivity index (χ2v) is 12.3. The third-order valence-electron chi connectivity index (χ3n) is 3.48. The summed E-state index contributed by atoms with van der Waals surface area (Å²) in [6.07, 6.45) is 2.28. The molecule has 0 aromatic carbocycles. The average Bonchev–Trinajstić information content (AvgIpc) is 2.95. The Morgan fingerprint density at radius 1 is 1.44 bits per heavy atom. The Hall–Kier alpha value is -2.77. The Morgan fingerprint density at radius 3 is 2.76 bits per heavy atom. The highest BCUT2D eigenvalue weighted by Gasteiger charge is 2.25. The van der Waals surface area contributed by atoms with Gasteiger partial charge in [0.05, 0.1) is 16.1 Å². The summed E-state index contributed by atoms with van der Waals surface area (Å²) < 4.78 is 6.88. The minimum absolute atomic E-state index is 0.00384. The van der Waals surface area contributed by atoms with Crippen LogP contribution in [0.1, 0.15) is 5.56 Å². The normalized spacial score (nSPS) is 11.3. The summed E-state index contributed by atoms with van der Waals surface area (Å²) in [5.74, 6) is -0.411. The van der Waals surface area contributed by atoms with Crippen LogP contribution in [0.3, 0.4) is 0 Å². The standard InChI is InChI=1S/C15H19N5O4Si/c1-25(2,3)5-4-24-10-19-14(13(9-18-19)20(22)23)12-6-11(7-16)8-17-15(12)21/h6,8-9H,4-5,10H2,1-3H3,(H,17,21). The lowest BCUT2D eigenvalue weighted by molar-refractivity contribution is -0.384. The van der Waals surface area contributed by atoms with E-state index >= 15 is 0 Å². The molecule has 0 saturated heterocycles. The van der Waals surface area contributed by atoms with E-state index in [4.69, 9.17) is 10.00 Å². The first-order chi connectivity index (χ1) is 11.7. The monoisotopic (exact) mass is 361 g/mol. The summed E-state index contributed by atoms with van der Waals surface area (Å²) in [7, 11) is -1.26. The maximum atomic E-state index is 11.3. The number of aromatic hydroxyl groups is 1. The summed E-state index contributed by atoms with van der Waals surface area (Å²) in [5.41, 5.74) is 0.00707. The summed E-state index contributed by atoms with van der Waals surface area (Å²) in [5, 5.41) is 34.3. The van der Waals surface area contributed by atoms with Gasteiger partial charge in [0.25, 0.3) is 0 Å². The number of nitrogens with zero attached hydrogens (tertiary/aromatic N) is 5. The van der Waals surface area contributed by atoms with Gasteiger partial charge in [0.2, 0.25) is 5.88 Å². The van der Waals surface area contributed by atoms with E-state index in [0.717, 1.165) is 12.2 Å². The molecule has 2 heterocycles. The minimum atomic E-state index is -1.26.